The maximum atomic E-state index is 13.4. The average molecular weight is 389 g/mol. The molecule has 2 saturated carbocycles. The van der Waals surface area contributed by atoms with Crippen molar-refractivity contribution < 1.29 is 17.6 Å². The van der Waals surface area contributed by atoms with Crippen molar-refractivity contribution in [2.45, 2.75) is 78.1 Å². The van der Waals surface area contributed by atoms with Crippen LogP contribution in [0.2, 0.25) is 0 Å². The van der Waals surface area contributed by atoms with Crippen LogP contribution >= 0.6 is 0 Å². The molecule has 27 heavy (non-hydrogen) atoms. The van der Waals surface area contributed by atoms with Crippen molar-refractivity contribution in [2.75, 3.05) is 6.67 Å². The van der Waals surface area contributed by atoms with E-state index in [4.69, 9.17) is 0 Å². The first-order valence-electron chi connectivity index (χ1n) is 10.7. The molecular formula is C23H36F4. The van der Waals surface area contributed by atoms with Gasteiger partial charge in [0, 0.05) is 0 Å². The molecule has 4 heteroatoms. The van der Waals surface area contributed by atoms with E-state index in [9.17, 15) is 17.6 Å². The molecule has 2 aliphatic rings. The Hall–Kier alpha value is -1.06. The molecule has 0 bridgehead atoms. The highest BCUT2D eigenvalue weighted by molar-refractivity contribution is 5.26. The van der Waals surface area contributed by atoms with Gasteiger partial charge < -0.3 is 0 Å². The van der Waals surface area contributed by atoms with Crippen molar-refractivity contribution in [3.05, 3.63) is 36.2 Å². The maximum Gasteiger partial charge on any atom is 0.193 e. The predicted molar refractivity (Wildman–Crippen MR) is 106 cm³/mol. The number of alkyl halides is 1. The zero-order chi connectivity index (χ0) is 20.2. The summed E-state index contributed by atoms with van der Waals surface area (Å²) in [5, 5.41) is 0. The summed E-state index contributed by atoms with van der Waals surface area (Å²) in [6, 6.07) is 0. The van der Waals surface area contributed by atoms with E-state index in [1.165, 1.54) is 19.3 Å². The molecule has 2 rings (SSSR count). The van der Waals surface area contributed by atoms with E-state index in [-0.39, 0.29) is 12.6 Å². The van der Waals surface area contributed by atoms with Gasteiger partial charge in [0.15, 0.2) is 17.5 Å². The van der Waals surface area contributed by atoms with Crippen molar-refractivity contribution in [1.29, 1.82) is 0 Å². The van der Waals surface area contributed by atoms with Crippen molar-refractivity contribution in [3.8, 4) is 0 Å². The minimum Gasteiger partial charge on any atom is -0.251 e. The minimum atomic E-state index is -1.51. The summed E-state index contributed by atoms with van der Waals surface area (Å²) in [5.41, 5.74) is 0. The molecular weight excluding hydrogens is 352 g/mol. The van der Waals surface area contributed by atoms with Crippen LogP contribution in [0.4, 0.5) is 17.6 Å². The Labute approximate surface area is 162 Å². The molecule has 2 fully saturated rings. The number of rotatable bonds is 6. The lowest BCUT2D eigenvalue weighted by Crippen LogP contribution is -2.21. The zero-order valence-corrected chi connectivity index (χ0v) is 17.0. The number of allylic oxidation sites excluding steroid dienone is 5. The molecule has 0 aromatic heterocycles. The molecule has 0 aromatic rings. The second-order valence-corrected chi connectivity index (χ2v) is 7.71. The minimum absolute atomic E-state index is 0.200. The highest BCUT2D eigenvalue weighted by Gasteiger charge is 2.28. The average Bonchev–Trinajstić information content (AvgIpc) is 2.93. The third-order valence-electron chi connectivity index (χ3n) is 6.10. The number of halogens is 4. The summed E-state index contributed by atoms with van der Waals surface area (Å²) >= 11 is 0. The van der Waals surface area contributed by atoms with E-state index in [0.717, 1.165) is 50.5 Å². The van der Waals surface area contributed by atoms with Crippen LogP contribution in [0.5, 0.6) is 0 Å². The Morgan fingerprint density at radius 1 is 0.889 bits per heavy atom. The van der Waals surface area contributed by atoms with Crippen LogP contribution in [0.25, 0.3) is 0 Å². The lowest BCUT2D eigenvalue weighted by Gasteiger charge is -2.32. The van der Waals surface area contributed by atoms with Gasteiger partial charge in [-0.25, -0.2) is 13.2 Å². The second kappa shape index (κ2) is 13.2. The summed E-state index contributed by atoms with van der Waals surface area (Å²) < 4.78 is 51.6. The van der Waals surface area contributed by atoms with Crippen LogP contribution in [-0.2, 0) is 0 Å². The fourth-order valence-electron chi connectivity index (χ4n) is 4.55. The molecule has 0 amide bonds. The summed E-state index contributed by atoms with van der Waals surface area (Å²) in [4.78, 5) is 0. The molecule has 0 N–H and O–H groups in total. The van der Waals surface area contributed by atoms with Gasteiger partial charge in [0.25, 0.3) is 0 Å². The molecule has 2 aliphatic carbocycles. The van der Waals surface area contributed by atoms with Gasteiger partial charge in [-0.3, -0.25) is 4.39 Å². The van der Waals surface area contributed by atoms with Crippen LogP contribution in [0.1, 0.15) is 78.1 Å². The van der Waals surface area contributed by atoms with Crippen LogP contribution in [0.15, 0.2) is 36.2 Å². The number of hydrogen-bond donors (Lipinski definition) is 0. The smallest absolute Gasteiger partial charge is 0.193 e. The molecule has 0 aromatic carbocycles. The van der Waals surface area contributed by atoms with E-state index in [0.29, 0.717) is 18.3 Å². The topological polar surface area (TPSA) is 0 Å². The first kappa shape index (κ1) is 24.0. The third-order valence-corrected chi connectivity index (χ3v) is 6.10. The van der Waals surface area contributed by atoms with Crippen LogP contribution in [0.3, 0.4) is 0 Å². The standard InChI is InChI=1S/C21H30F4.C2H6/c1-15(23)21(25)20(24)12-8-17-6-10-19(11-7-17)18-4-2-3-16(5-9-18)13-14-22;1-2/h8,12,16-19H,1-7,9-11,13-14H2;1-2H3/b12-8+,21-20-;. The van der Waals surface area contributed by atoms with Crippen LogP contribution < -0.4 is 0 Å². The van der Waals surface area contributed by atoms with E-state index in [1.54, 1.807) is 6.08 Å². The molecule has 0 nitrogen and oxygen atoms in total. The fourth-order valence-corrected chi connectivity index (χ4v) is 4.55. The SMILES string of the molecule is C=C(F)/C(F)=C(F)\C=C\C1CCC(C2CCCC(CCF)CC2)CC1.CC. The summed E-state index contributed by atoms with van der Waals surface area (Å²) in [6.45, 7) is 6.56. The largest absolute Gasteiger partial charge is 0.251 e. The Morgan fingerprint density at radius 3 is 2.07 bits per heavy atom. The van der Waals surface area contributed by atoms with E-state index in [1.807, 2.05) is 13.8 Å². The Morgan fingerprint density at radius 2 is 1.48 bits per heavy atom. The molecule has 0 spiro atoms. The van der Waals surface area contributed by atoms with Gasteiger partial charge in [-0.15, -0.1) is 0 Å². The van der Waals surface area contributed by atoms with E-state index >= 15 is 0 Å². The lowest BCUT2D eigenvalue weighted by atomic mass is 9.73. The first-order valence-corrected chi connectivity index (χ1v) is 10.7. The van der Waals surface area contributed by atoms with Gasteiger partial charge in [0.05, 0.1) is 6.67 Å². The van der Waals surface area contributed by atoms with Crippen molar-refractivity contribution in [1.82, 2.24) is 0 Å². The van der Waals surface area contributed by atoms with Crippen molar-refractivity contribution >= 4 is 0 Å². The monoisotopic (exact) mass is 388 g/mol. The van der Waals surface area contributed by atoms with Gasteiger partial charge in [-0.05, 0) is 68.3 Å². The molecule has 0 aliphatic heterocycles. The zero-order valence-electron chi connectivity index (χ0n) is 17.0. The Bertz CT molecular complexity index is 487. The molecule has 2 atom stereocenters. The quantitative estimate of drug-likeness (QED) is 0.243. The van der Waals surface area contributed by atoms with Crippen molar-refractivity contribution in [2.24, 2.45) is 23.7 Å². The molecule has 156 valence electrons. The van der Waals surface area contributed by atoms with Crippen molar-refractivity contribution in [3.63, 3.8) is 0 Å². The van der Waals surface area contributed by atoms with E-state index in [2.05, 4.69) is 6.58 Å². The van der Waals surface area contributed by atoms with Gasteiger partial charge in [-0.2, -0.15) is 0 Å². The first-order chi connectivity index (χ1) is 13.0. The van der Waals surface area contributed by atoms with Gasteiger partial charge in [-0.1, -0.05) is 52.2 Å². The van der Waals surface area contributed by atoms with E-state index < -0.39 is 17.5 Å². The molecule has 0 radical (unpaired) electrons. The third kappa shape index (κ3) is 8.23. The lowest BCUT2D eigenvalue weighted by molar-refractivity contribution is 0.203. The molecule has 0 saturated heterocycles. The highest BCUT2D eigenvalue weighted by atomic mass is 19.2. The molecule has 2 unspecified atom stereocenters. The van der Waals surface area contributed by atoms with Gasteiger partial charge in [0.2, 0.25) is 0 Å². The predicted octanol–water partition coefficient (Wildman–Crippen LogP) is 8.57. The summed E-state index contributed by atoms with van der Waals surface area (Å²) in [5.74, 6) is -1.83. The number of hydrogen-bond acceptors (Lipinski definition) is 0. The molecule has 0 heterocycles. The van der Waals surface area contributed by atoms with Crippen LogP contribution in [-0.4, -0.2) is 6.67 Å². The maximum absolute atomic E-state index is 13.4. The van der Waals surface area contributed by atoms with Crippen LogP contribution in [0, 0.1) is 23.7 Å². The van der Waals surface area contributed by atoms with Gasteiger partial charge in [0.1, 0.15) is 0 Å². The highest BCUT2D eigenvalue weighted by Crippen LogP contribution is 2.41. The second-order valence-electron chi connectivity index (χ2n) is 7.71. The Kier molecular flexibility index (Phi) is 11.7. The fraction of sp³-hybridized carbons (Fsp3) is 0.739. The summed E-state index contributed by atoms with van der Waals surface area (Å²) in [6.07, 6.45) is 13.5. The summed E-state index contributed by atoms with van der Waals surface area (Å²) in [7, 11) is 0. The van der Waals surface area contributed by atoms with Gasteiger partial charge >= 0.3 is 0 Å². The normalized spacial score (nSPS) is 30.1. The Balaban J connectivity index is 0.00000176.